The zero-order valence-corrected chi connectivity index (χ0v) is 13.3. The highest BCUT2D eigenvalue weighted by Crippen LogP contribution is 1.92. The SMILES string of the molecule is CC(C)NCC(C)OCCOCCOCC(F)CNC=O. The van der Waals surface area contributed by atoms with Gasteiger partial charge in [0.15, 0.2) is 0 Å². The summed E-state index contributed by atoms with van der Waals surface area (Å²) in [7, 11) is 0. The Balaban J connectivity index is 3.23. The average Bonchev–Trinajstić information content (AvgIpc) is 2.45. The molecular formula is C14H29FN2O4. The van der Waals surface area contributed by atoms with Gasteiger partial charge in [0.1, 0.15) is 6.17 Å². The van der Waals surface area contributed by atoms with Gasteiger partial charge in [0.25, 0.3) is 0 Å². The van der Waals surface area contributed by atoms with E-state index in [9.17, 15) is 9.18 Å². The minimum absolute atomic E-state index is 0.0273. The molecule has 126 valence electrons. The van der Waals surface area contributed by atoms with Crippen LogP contribution < -0.4 is 10.6 Å². The summed E-state index contributed by atoms with van der Waals surface area (Å²) < 4.78 is 29.0. The fourth-order valence-corrected chi connectivity index (χ4v) is 1.43. The largest absolute Gasteiger partial charge is 0.377 e. The Hall–Kier alpha value is -0.760. The zero-order chi connectivity index (χ0) is 15.9. The lowest BCUT2D eigenvalue weighted by Gasteiger charge is -2.16. The lowest BCUT2D eigenvalue weighted by atomic mass is 10.3. The first-order valence-electron chi connectivity index (χ1n) is 7.37. The molecule has 1 amide bonds. The molecule has 0 aliphatic carbocycles. The van der Waals surface area contributed by atoms with Crippen LogP contribution in [0.25, 0.3) is 0 Å². The Morgan fingerprint density at radius 3 is 2.38 bits per heavy atom. The number of halogens is 1. The van der Waals surface area contributed by atoms with Gasteiger partial charge in [-0.1, -0.05) is 13.8 Å². The van der Waals surface area contributed by atoms with Crippen molar-refractivity contribution in [3.05, 3.63) is 0 Å². The van der Waals surface area contributed by atoms with Crippen LogP contribution in [0, 0.1) is 0 Å². The van der Waals surface area contributed by atoms with Gasteiger partial charge >= 0.3 is 0 Å². The van der Waals surface area contributed by atoms with E-state index in [4.69, 9.17) is 14.2 Å². The number of alkyl halides is 1. The highest BCUT2D eigenvalue weighted by Gasteiger charge is 2.05. The molecule has 6 nitrogen and oxygen atoms in total. The molecule has 0 saturated heterocycles. The van der Waals surface area contributed by atoms with Crippen LogP contribution in [-0.4, -0.2) is 70.9 Å². The van der Waals surface area contributed by atoms with E-state index in [1.807, 2.05) is 6.92 Å². The summed E-state index contributed by atoms with van der Waals surface area (Å²) in [5, 5.41) is 5.55. The first kappa shape index (κ1) is 20.2. The van der Waals surface area contributed by atoms with E-state index in [2.05, 4.69) is 24.5 Å². The maximum absolute atomic E-state index is 13.0. The van der Waals surface area contributed by atoms with Gasteiger partial charge in [-0.25, -0.2) is 4.39 Å². The van der Waals surface area contributed by atoms with Crippen LogP contribution in [0.1, 0.15) is 20.8 Å². The molecule has 2 N–H and O–H groups in total. The van der Waals surface area contributed by atoms with Crippen molar-refractivity contribution in [2.75, 3.05) is 46.1 Å². The molecule has 2 atom stereocenters. The van der Waals surface area contributed by atoms with E-state index in [-0.39, 0.29) is 19.3 Å². The molecule has 7 heteroatoms. The molecule has 0 radical (unpaired) electrons. The number of carbonyl (C=O) groups is 1. The Bertz CT molecular complexity index is 245. The van der Waals surface area contributed by atoms with Gasteiger partial charge in [-0.3, -0.25) is 4.79 Å². The number of ether oxygens (including phenoxy) is 3. The van der Waals surface area contributed by atoms with E-state index >= 15 is 0 Å². The number of hydrogen-bond acceptors (Lipinski definition) is 5. The van der Waals surface area contributed by atoms with Crippen LogP contribution in [0.2, 0.25) is 0 Å². The van der Waals surface area contributed by atoms with Crippen molar-refractivity contribution in [2.24, 2.45) is 0 Å². The molecule has 2 unspecified atom stereocenters. The third kappa shape index (κ3) is 15.4. The van der Waals surface area contributed by atoms with Gasteiger partial charge in [0.2, 0.25) is 6.41 Å². The monoisotopic (exact) mass is 308 g/mol. The minimum Gasteiger partial charge on any atom is -0.377 e. The summed E-state index contributed by atoms with van der Waals surface area (Å²) in [5.41, 5.74) is 0. The molecule has 0 aromatic heterocycles. The van der Waals surface area contributed by atoms with Gasteiger partial charge in [-0.05, 0) is 6.92 Å². The first-order chi connectivity index (χ1) is 10.1. The molecule has 0 spiro atoms. The third-order valence-electron chi connectivity index (χ3n) is 2.54. The molecule has 0 aliphatic rings. The lowest BCUT2D eigenvalue weighted by molar-refractivity contribution is -0.109. The van der Waals surface area contributed by atoms with Crippen LogP contribution in [0.3, 0.4) is 0 Å². The summed E-state index contributed by atoms with van der Waals surface area (Å²) in [6.07, 6.45) is -0.578. The minimum atomic E-state index is -1.19. The molecular weight excluding hydrogens is 279 g/mol. The Labute approximate surface area is 126 Å². The summed E-state index contributed by atoms with van der Waals surface area (Å²) in [4.78, 5) is 9.95. The van der Waals surface area contributed by atoms with Gasteiger partial charge < -0.3 is 24.8 Å². The summed E-state index contributed by atoms with van der Waals surface area (Å²) in [5.74, 6) is 0. The second kappa shape index (κ2) is 14.2. The number of amides is 1. The van der Waals surface area contributed by atoms with Crippen molar-refractivity contribution in [3.8, 4) is 0 Å². The maximum atomic E-state index is 13.0. The van der Waals surface area contributed by atoms with Crippen molar-refractivity contribution in [2.45, 2.75) is 39.1 Å². The van der Waals surface area contributed by atoms with Crippen LogP contribution in [0.4, 0.5) is 4.39 Å². The molecule has 0 heterocycles. The summed E-state index contributed by atoms with van der Waals surface area (Å²) >= 11 is 0. The van der Waals surface area contributed by atoms with Crippen molar-refractivity contribution in [3.63, 3.8) is 0 Å². The molecule has 0 aromatic rings. The lowest BCUT2D eigenvalue weighted by Crippen LogP contribution is -2.32. The molecule has 0 fully saturated rings. The van der Waals surface area contributed by atoms with Crippen LogP contribution in [0.5, 0.6) is 0 Å². The predicted molar refractivity (Wildman–Crippen MR) is 79.2 cm³/mol. The van der Waals surface area contributed by atoms with Crippen molar-refractivity contribution in [1.82, 2.24) is 10.6 Å². The average molecular weight is 308 g/mol. The Kier molecular flexibility index (Phi) is 13.7. The van der Waals surface area contributed by atoms with Gasteiger partial charge in [0.05, 0.1) is 45.7 Å². The van der Waals surface area contributed by atoms with Crippen molar-refractivity contribution in [1.29, 1.82) is 0 Å². The second-order valence-electron chi connectivity index (χ2n) is 5.06. The quantitative estimate of drug-likeness (QED) is 0.341. The highest BCUT2D eigenvalue weighted by molar-refractivity contribution is 5.45. The van der Waals surface area contributed by atoms with Gasteiger partial charge in [-0.2, -0.15) is 0 Å². The fraction of sp³-hybridized carbons (Fsp3) is 0.929. The molecule has 0 aliphatic heterocycles. The number of rotatable bonds is 15. The predicted octanol–water partition coefficient (Wildman–Crippen LogP) is 0.507. The summed E-state index contributed by atoms with van der Waals surface area (Å²) in [6, 6.07) is 0.450. The number of hydrogen-bond donors (Lipinski definition) is 2. The Morgan fingerprint density at radius 2 is 1.71 bits per heavy atom. The summed E-state index contributed by atoms with van der Waals surface area (Å²) in [6.45, 7) is 8.67. The first-order valence-corrected chi connectivity index (χ1v) is 7.37. The smallest absolute Gasteiger partial charge is 0.207 e. The van der Waals surface area contributed by atoms with Gasteiger partial charge in [0, 0.05) is 12.6 Å². The van der Waals surface area contributed by atoms with E-state index < -0.39 is 6.17 Å². The van der Waals surface area contributed by atoms with E-state index in [0.717, 1.165) is 6.54 Å². The standard InChI is InChI=1S/C14H29FN2O4/c1-12(2)17-8-13(3)21-7-6-19-4-5-20-10-14(15)9-16-11-18/h11-14,17H,4-10H2,1-3H3,(H,16,18). The van der Waals surface area contributed by atoms with E-state index in [1.54, 1.807) is 0 Å². The third-order valence-corrected chi connectivity index (χ3v) is 2.54. The van der Waals surface area contributed by atoms with E-state index in [0.29, 0.717) is 38.9 Å². The van der Waals surface area contributed by atoms with Crippen molar-refractivity contribution >= 4 is 6.41 Å². The van der Waals surface area contributed by atoms with Gasteiger partial charge in [-0.15, -0.1) is 0 Å². The molecule has 21 heavy (non-hydrogen) atoms. The number of nitrogens with one attached hydrogen (secondary N) is 2. The Morgan fingerprint density at radius 1 is 1.05 bits per heavy atom. The molecule has 0 rings (SSSR count). The molecule has 0 saturated carbocycles. The van der Waals surface area contributed by atoms with Crippen LogP contribution >= 0.6 is 0 Å². The highest BCUT2D eigenvalue weighted by atomic mass is 19.1. The van der Waals surface area contributed by atoms with Crippen molar-refractivity contribution < 1.29 is 23.4 Å². The maximum Gasteiger partial charge on any atom is 0.207 e. The van der Waals surface area contributed by atoms with E-state index in [1.165, 1.54) is 0 Å². The normalized spacial score (nSPS) is 14.1. The number of carbonyl (C=O) groups excluding carboxylic acids is 1. The fourth-order valence-electron chi connectivity index (χ4n) is 1.43. The van der Waals surface area contributed by atoms with Crippen LogP contribution in [-0.2, 0) is 19.0 Å². The topological polar surface area (TPSA) is 68.8 Å². The van der Waals surface area contributed by atoms with Crippen LogP contribution in [0.15, 0.2) is 0 Å². The molecule has 0 aromatic carbocycles. The zero-order valence-electron chi connectivity index (χ0n) is 13.3. The second-order valence-corrected chi connectivity index (χ2v) is 5.06. The molecule has 0 bridgehead atoms.